The maximum absolute atomic E-state index is 12.8. The number of nitro groups is 1. The van der Waals surface area contributed by atoms with Gasteiger partial charge in [-0.3, -0.25) is 19.6 Å². The summed E-state index contributed by atoms with van der Waals surface area (Å²) in [5.74, 6) is -1.14. The maximum Gasteiger partial charge on any atom is 0.280 e. The molecule has 23 heavy (non-hydrogen) atoms. The molecule has 1 aromatic carbocycles. The molecule has 0 saturated carbocycles. The molecule has 0 spiro atoms. The molecular weight excluding hydrogens is 314 g/mol. The van der Waals surface area contributed by atoms with Gasteiger partial charge in [-0.2, -0.15) is 5.10 Å². The van der Waals surface area contributed by atoms with Gasteiger partial charge in [-0.15, -0.1) is 0 Å². The van der Waals surface area contributed by atoms with Gasteiger partial charge in [-0.25, -0.2) is 8.78 Å². The number of nitrogens with one attached hydrogen (secondary N) is 1. The first-order chi connectivity index (χ1) is 10.8. The van der Waals surface area contributed by atoms with E-state index in [-0.39, 0.29) is 17.1 Å². The second kappa shape index (κ2) is 6.38. The van der Waals surface area contributed by atoms with E-state index < -0.39 is 29.5 Å². The minimum absolute atomic E-state index is 0.188. The lowest BCUT2D eigenvalue weighted by Gasteiger charge is -2.09. The van der Waals surface area contributed by atoms with E-state index in [1.54, 1.807) is 0 Å². The molecule has 10 heteroatoms. The van der Waals surface area contributed by atoms with Gasteiger partial charge in [-0.1, -0.05) is 0 Å². The van der Waals surface area contributed by atoms with Crippen molar-refractivity contribution in [3.63, 3.8) is 0 Å². The topological polar surface area (TPSA) is 110 Å². The number of nitro benzene ring substituents is 1. The highest BCUT2D eigenvalue weighted by Gasteiger charge is 2.18. The number of hydrogen-bond acceptors (Lipinski definition) is 5. The number of aromatic nitrogens is 2. The second-order valence-corrected chi connectivity index (χ2v) is 4.68. The van der Waals surface area contributed by atoms with Crippen molar-refractivity contribution in [1.29, 1.82) is 0 Å². The van der Waals surface area contributed by atoms with Gasteiger partial charge in [0, 0.05) is 12.1 Å². The summed E-state index contributed by atoms with van der Waals surface area (Å²) >= 11 is 0. The first-order valence-electron chi connectivity index (χ1n) is 6.37. The minimum Gasteiger partial charge on any atom is -0.506 e. The highest BCUT2D eigenvalue weighted by molar-refractivity contribution is 5.92. The van der Waals surface area contributed by atoms with Crippen molar-refractivity contribution in [3.8, 4) is 5.75 Å². The first kappa shape index (κ1) is 16.3. The summed E-state index contributed by atoms with van der Waals surface area (Å²) in [6.45, 7) is 0.988. The summed E-state index contributed by atoms with van der Waals surface area (Å²) in [6, 6.07) is 4.24. The molecule has 0 unspecified atom stereocenters. The van der Waals surface area contributed by atoms with Gasteiger partial charge in [0.1, 0.15) is 18.0 Å². The molecule has 0 fully saturated rings. The van der Waals surface area contributed by atoms with Crippen molar-refractivity contribution in [2.75, 3.05) is 5.32 Å². The summed E-state index contributed by atoms with van der Waals surface area (Å²) in [4.78, 5) is 21.9. The number of aryl methyl sites for hydroxylation is 1. The highest BCUT2D eigenvalue weighted by atomic mass is 19.3. The van der Waals surface area contributed by atoms with Crippen LogP contribution in [0.25, 0.3) is 0 Å². The van der Waals surface area contributed by atoms with E-state index in [0.29, 0.717) is 5.69 Å². The predicted octanol–water partition coefficient (Wildman–Crippen LogP) is 2.38. The molecule has 0 saturated heterocycles. The quantitative estimate of drug-likeness (QED) is 0.498. The van der Waals surface area contributed by atoms with Crippen molar-refractivity contribution >= 4 is 17.3 Å². The number of carbonyl (C=O) groups excluding carboxylic acids is 1. The zero-order chi connectivity index (χ0) is 17.1. The monoisotopic (exact) mass is 326 g/mol. The van der Waals surface area contributed by atoms with Crippen LogP contribution in [0.2, 0.25) is 0 Å². The van der Waals surface area contributed by atoms with E-state index in [9.17, 15) is 28.8 Å². The third-order valence-corrected chi connectivity index (χ3v) is 2.92. The number of phenolic OH excluding ortho intramolecular Hbond substituents is 1. The molecule has 1 aromatic heterocycles. The van der Waals surface area contributed by atoms with Crippen LogP contribution in [0.3, 0.4) is 0 Å². The smallest absolute Gasteiger partial charge is 0.280 e. The Balaban J connectivity index is 2.17. The average molecular weight is 326 g/mol. The molecule has 122 valence electrons. The molecule has 1 amide bonds. The van der Waals surface area contributed by atoms with Crippen molar-refractivity contribution < 1.29 is 23.6 Å². The van der Waals surface area contributed by atoms with Gasteiger partial charge < -0.3 is 10.4 Å². The van der Waals surface area contributed by atoms with Gasteiger partial charge in [0.05, 0.1) is 16.3 Å². The fraction of sp³-hybridized carbons (Fsp3) is 0.231. The zero-order valence-electron chi connectivity index (χ0n) is 11.9. The van der Waals surface area contributed by atoms with E-state index in [2.05, 4.69) is 10.4 Å². The predicted molar refractivity (Wildman–Crippen MR) is 75.3 cm³/mol. The number of anilines is 1. The van der Waals surface area contributed by atoms with Gasteiger partial charge in [-0.05, 0) is 19.1 Å². The van der Waals surface area contributed by atoms with E-state index in [0.717, 1.165) is 28.9 Å². The lowest BCUT2D eigenvalue weighted by molar-refractivity contribution is -0.384. The summed E-state index contributed by atoms with van der Waals surface area (Å²) in [5.41, 5.74) is -0.611. The largest absolute Gasteiger partial charge is 0.506 e. The fourth-order valence-corrected chi connectivity index (χ4v) is 1.93. The normalized spacial score (nSPS) is 10.8. The van der Waals surface area contributed by atoms with Gasteiger partial charge in [0.2, 0.25) is 5.91 Å². The number of alkyl halides is 2. The maximum atomic E-state index is 12.8. The molecule has 0 atom stereocenters. The van der Waals surface area contributed by atoms with Crippen LogP contribution in [0.1, 0.15) is 17.8 Å². The Morgan fingerprint density at radius 3 is 2.78 bits per heavy atom. The Kier molecular flexibility index (Phi) is 4.53. The Bertz CT molecular complexity index is 760. The highest BCUT2D eigenvalue weighted by Crippen LogP contribution is 2.28. The lowest BCUT2D eigenvalue weighted by atomic mass is 10.2. The van der Waals surface area contributed by atoms with Crippen molar-refractivity contribution in [2.45, 2.75) is 19.9 Å². The number of halogens is 2. The third kappa shape index (κ3) is 3.78. The number of hydrogen-bond donors (Lipinski definition) is 2. The standard InChI is InChI=1S/C13H12F2N4O4/c1-7-4-10(13(14)15)18(17-7)6-12(21)16-9-5-8(19(22)23)2-3-11(9)20/h2-5,13,20H,6H2,1H3,(H,16,21). The molecular formula is C13H12F2N4O4. The molecule has 1 heterocycles. The minimum atomic E-state index is -2.80. The molecule has 8 nitrogen and oxygen atoms in total. The van der Waals surface area contributed by atoms with E-state index in [1.807, 2.05) is 0 Å². The molecule has 0 aliphatic carbocycles. The molecule has 0 aliphatic heterocycles. The van der Waals surface area contributed by atoms with E-state index >= 15 is 0 Å². The van der Waals surface area contributed by atoms with Gasteiger partial charge in [0.15, 0.2) is 0 Å². The van der Waals surface area contributed by atoms with Gasteiger partial charge >= 0.3 is 0 Å². The number of rotatable bonds is 5. The summed E-state index contributed by atoms with van der Waals surface area (Å²) in [5, 5.41) is 26.3. The molecule has 2 rings (SSSR count). The molecule has 2 N–H and O–H groups in total. The van der Waals surface area contributed by atoms with Crippen molar-refractivity contribution in [2.24, 2.45) is 0 Å². The Morgan fingerprint density at radius 2 is 2.17 bits per heavy atom. The van der Waals surface area contributed by atoms with Crippen LogP contribution < -0.4 is 5.32 Å². The average Bonchev–Trinajstić information content (AvgIpc) is 2.81. The van der Waals surface area contributed by atoms with Crippen LogP contribution in [0.15, 0.2) is 24.3 Å². The Morgan fingerprint density at radius 1 is 1.48 bits per heavy atom. The van der Waals surface area contributed by atoms with Crippen LogP contribution in [0.5, 0.6) is 5.75 Å². The first-order valence-corrected chi connectivity index (χ1v) is 6.37. The number of aromatic hydroxyl groups is 1. The Hall–Kier alpha value is -3.04. The number of nitrogens with zero attached hydrogens (tertiary/aromatic N) is 3. The van der Waals surface area contributed by atoms with Crippen LogP contribution in [0.4, 0.5) is 20.2 Å². The molecule has 0 bridgehead atoms. The Labute approximate surface area is 128 Å². The lowest BCUT2D eigenvalue weighted by Crippen LogP contribution is -2.21. The molecule has 0 radical (unpaired) electrons. The van der Waals surface area contributed by atoms with Crippen LogP contribution in [0, 0.1) is 17.0 Å². The molecule has 2 aromatic rings. The summed E-state index contributed by atoms with van der Waals surface area (Å²) in [6.07, 6.45) is -2.80. The van der Waals surface area contributed by atoms with Crippen LogP contribution >= 0.6 is 0 Å². The van der Waals surface area contributed by atoms with E-state index in [4.69, 9.17) is 0 Å². The second-order valence-electron chi connectivity index (χ2n) is 4.68. The third-order valence-electron chi connectivity index (χ3n) is 2.92. The number of carbonyl (C=O) groups is 1. The SMILES string of the molecule is Cc1cc(C(F)F)n(CC(=O)Nc2cc([N+](=O)[O-])ccc2O)n1. The fourth-order valence-electron chi connectivity index (χ4n) is 1.93. The van der Waals surface area contributed by atoms with Crippen molar-refractivity contribution in [1.82, 2.24) is 9.78 Å². The van der Waals surface area contributed by atoms with E-state index in [1.165, 1.54) is 6.92 Å². The number of amides is 1. The summed E-state index contributed by atoms with van der Waals surface area (Å²) in [7, 11) is 0. The zero-order valence-corrected chi connectivity index (χ0v) is 11.9. The van der Waals surface area contributed by atoms with Crippen LogP contribution in [-0.2, 0) is 11.3 Å². The van der Waals surface area contributed by atoms with Gasteiger partial charge in [0.25, 0.3) is 12.1 Å². The van der Waals surface area contributed by atoms with Crippen molar-refractivity contribution in [3.05, 3.63) is 45.8 Å². The summed E-state index contributed by atoms with van der Waals surface area (Å²) < 4.78 is 26.5. The number of benzene rings is 1. The van der Waals surface area contributed by atoms with Crippen LogP contribution in [-0.4, -0.2) is 25.7 Å². The number of phenols is 1. The molecule has 0 aliphatic rings. The number of non-ortho nitro benzene ring substituents is 1.